The van der Waals surface area contributed by atoms with Crippen molar-refractivity contribution >= 4 is 11.8 Å². The molecule has 0 spiro atoms. The van der Waals surface area contributed by atoms with Crippen molar-refractivity contribution in [2.24, 2.45) is 5.92 Å². The second-order valence-corrected chi connectivity index (χ2v) is 6.51. The smallest absolute Gasteiger partial charge is 0.0613 e. The molecule has 1 aliphatic carbocycles. The molecule has 0 amide bonds. The molecule has 2 atom stereocenters. The van der Waals surface area contributed by atoms with Crippen LogP contribution in [-0.4, -0.2) is 35.3 Å². The molecule has 16 heavy (non-hydrogen) atoms. The van der Waals surface area contributed by atoms with Crippen LogP contribution in [0.15, 0.2) is 0 Å². The Labute approximate surface area is 105 Å². The van der Waals surface area contributed by atoms with Crippen molar-refractivity contribution in [3.05, 3.63) is 0 Å². The van der Waals surface area contributed by atoms with Gasteiger partial charge in [-0.3, -0.25) is 0 Å². The first-order valence-electron chi connectivity index (χ1n) is 6.66. The predicted molar refractivity (Wildman–Crippen MR) is 73.1 cm³/mol. The van der Waals surface area contributed by atoms with Crippen LogP contribution in [0, 0.1) is 5.92 Å². The zero-order valence-corrected chi connectivity index (χ0v) is 11.6. The molecule has 0 aromatic heterocycles. The fraction of sp³-hybridized carbons (Fsp3) is 1.00. The van der Waals surface area contributed by atoms with Gasteiger partial charge in [0, 0.05) is 5.54 Å². The second kappa shape index (κ2) is 7.57. The highest BCUT2D eigenvalue weighted by Gasteiger charge is 2.33. The van der Waals surface area contributed by atoms with Crippen LogP contribution in [0.1, 0.15) is 46.0 Å². The van der Waals surface area contributed by atoms with Gasteiger partial charge in [0.2, 0.25) is 0 Å². The van der Waals surface area contributed by atoms with Crippen molar-refractivity contribution in [1.82, 2.24) is 5.32 Å². The van der Waals surface area contributed by atoms with Crippen LogP contribution in [0.4, 0.5) is 0 Å². The van der Waals surface area contributed by atoms with Crippen molar-refractivity contribution < 1.29 is 5.11 Å². The molecular weight excluding hydrogens is 218 g/mol. The third-order valence-corrected chi connectivity index (χ3v) is 4.55. The molecule has 0 aliphatic heterocycles. The number of hydrogen-bond acceptors (Lipinski definition) is 3. The maximum Gasteiger partial charge on any atom is 0.0613 e. The Bertz CT molecular complexity index is 189. The Hall–Kier alpha value is 0.270. The second-order valence-electron chi connectivity index (χ2n) is 5.12. The van der Waals surface area contributed by atoms with Gasteiger partial charge in [-0.2, -0.15) is 11.8 Å². The first kappa shape index (κ1) is 14.3. The quantitative estimate of drug-likeness (QED) is 0.676. The minimum absolute atomic E-state index is 0.0363. The van der Waals surface area contributed by atoms with E-state index in [0.29, 0.717) is 6.61 Å². The van der Waals surface area contributed by atoms with Crippen LogP contribution in [0.25, 0.3) is 0 Å². The topological polar surface area (TPSA) is 32.3 Å². The first-order valence-corrected chi connectivity index (χ1v) is 7.81. The lowest BCUT2D eigenvalue weighted by molar-refractivity contribution is 0.100. The molecule has 3 heteroatoms. The Morgan fingerprint density at radius 3 is 2.94 bits per heavy atom. The fourth-order valence-corrected chi connectivity index (χ4v) is 3.33. The van der Waals surface area contributed by atoms with Crippen molar-refractivity contribution in [2.45, 2.75) is 51.5 Å². The maximum absolute atomic E-state index is 9.59. The number of aliphatic hydroxyl groups is 1. The van der Waals surface area contributed by atoms with Crippen molar-refractivity contribution in [3.8, 4) is 0 Å². The van der Waals surface area contributed by atoms with E-state index in [9.17, 15) is 5.11 Å². The first-order chi connectivity index (χ1) is 7.72. The lowest BCUT2D eigenvalue weighted by Crippen LogP contribution is -2.51. The molecule has 2 N–H and O–H groups in total. The molecule has 2 unspecified atom stereocenters. The minimum Gasteiger partial charge on any atom is -0.394 e. The molecule has 0 heterocycles. The van der Waals surface area contributed by atoms with Gasteiger partial charge < -0.3 is 10.4 Å². The normalized spacial score (nSPS) is 30.6. The largest absolute Gasteiger partial charge is 0.394 e. The van der Waals surface area contributed by atoms with Crippen molar-refractivity contribution in [3.63, 3.8) is 0 Å². The highest BCUT2D eigenvalue weighted by molar-refractivity contribution is 7.99. The van der Waals surface area contributed by atoms with Gasteiger partial charge in [-0.05, 0) is 43.2 Å². The number of rotatable bonds is 7. The van der Waals surface area contributed by atoms with Crippen LogP contribution in [0.3, 0.4) is 0 Å². The number of hydrogen-bond donors (Lipinski definition) is 2. The van der Waals surface area contributed by atoms with Gasteiger partial charge in [0.05, 0.1) is 6.61 Å². The van der Waals surface area contributed by atoms with Crippen LogP contribution in [-0.2, 0) is 0 Å². The standard InChI is InChI=1S/C13H27NOS/c1-3-16-9-5-8-14-13(11-15)7-4-6-12(2)10-13/h12,14-15H,3-11H2,1-2H3. The van der Waals surface area contributed by atoms with Gasteiger partial charge in [-0.15, -0.1) is 0 Å². The van der Waals surface area contributed by atoms with E-state index in [1.54, 1.807) is 0 Å². The summed E-state index contributed by atoms with van der Waals surface area (Å²) < 4.78 is 0. The Morgan fingerprint density at radius 2 is 2.31 bits per heavy atom. The molecule has 1 fully saturated rings. The number of aliphatic hydroxyl groups excluding tert-OH is 1. The molecule has 0 bridgehead atoms. The summed E-state index contributed by atoms with van der Waals surface area (Å²) in [4.78, 5) is 0. The average Bonchev–Trinajstić information content (AvgIpc) is 2.29. The monoisotopic (exact) mass is 245 g/mol. The molecule has 1 saturated carbocycles. The fourth-order valence-electron chi connectivity index (χ4n) is 2.69. The molecular formula is C13H27NOS. The van der Waals surface area contributed by atoms with Crippen molar-refractivity contribution in [1.29, 1.82) is 0 Å². The highest BCUT2D eigenvalue weighted by atomic mass is 32.2. The molecule has 0 aromatic rings. The molecule has 96 valence electrons. The summed E-state index contributed by atoms with van der Waals surface area (Å²) >= 11 is 2.00. The van der Waals surface area contributed by atoms with Crippen LogP contribution in [0.2, 0.25) is 0 Å². The predicted octanol–water partition coefficient (Wildman–Crippen LogP) is 2.66. The van der Waals surface area contributed by atoms with E-state index < -0.39 is 0 Å². The summed E-state index contributed by atoms with van der Waals surface area (Å²) in [6, 6.07) is 0. The summed E-state index contributed by atoms with van der Waals surface area (Å²) in [6.07, 6.45) is 6.10. The Morgan fingerprint density at radius 1 is 1.50 bits per heavy atom. The average molecular weight is 245 g/mol. The zero-order valence-electron chi connectivity index (χ0n) is 10.8. The lowest BCUT2D eigenvalue weighted by atomic mass is 9.77. The van der Waals surface area contributed by atoms with E-state index >= 15 is 0 Å². The molecule has 1 rings (SSSR count). The van der Waals surface area contributed by atoms with Crippen LogP contribution in [0.5, 0.6) is 0 Å². The molecule has 0 aromatic carbocycles. The van der Waals surface area contributed by atoms with Crippen LogP contribution < -0.4 is 5.32 Å². The lowest BCUT2D eigenvalue weighted by Gasteiger charge is -2.39. The minimum atomic E-state index is 0.0363. The Balaban J connectivity index is 2.24. The van der Waals surface area contributed by atoms with Crippen molar-refractivity contribution in [2.75, 3.05) is 24.7 Å². The summed E-state index contributed by atoms with van der Waals surface area (Å²) in [6.45, 7) is 5.87. The van der Waals surface area contributed by atoms with Gasteiger partial charge >= 0.3 is 0 Å². The summed E-state index contributed by atoms with van der Waals surface area (Å²) in [5.41, 5.74) is 0.0363. The van der Waals surface area contributed by atoms with Gasteiger partial charge in [0.25, 0.3) is 0 Å². The molecule has 1 aliphatic rings. The van der Waals surface area contributed by atoms with E-state index in [1.165, 1.54) is 30.8 Å². The van der Waals surface area contributed by atoms with E-state index in [0.717, 1.165) is 25.3 Å². The number of nitrogens with one attached hydrogen (secondary N) is 1. The Kier molecular flexibility index (Phi) is 6.78. The van der Waals surface area contributed by atoms with Gasteiger partial charge in [0.1, 0.15) is 0 Å². The molecule has 2 nitrogen and oxygen atoms in total. The third-order valence-electron chi connectivity index (χ3n) is 3.56. The van der Waals surface area contributed by atoms with Gasteiger partial charge in [-0.1, -0.05) is 26.7 Å². The van der Waals surface area contributed by atoms with E-state index in [2.05, 4.69) is 19.2 Å². The zero-order chi connectivity index (χ0) is 11.9. The van der Waals surface area contributed by atoms with E-state index in [-0.39, 0.29) is 5.54 Å². The number of thioether (sulfide) groups is 1. The van der Waals surface area contributed by atoms with Gasteiger partial charge in [-0.25, -0.2) is 0 Å². The summed E-state index contributed by atoms with van der Waals surface area (Å²) in [7, 11) is 0. The SMILES string of the molecule is CCSCCCNC1(CO)CCCC(C)C1. The van der Waals surface area contributed by atoms with Gasteiger partial charge in [0.15, 0.2) is 0 Å². The van der Waals surface area contributed by atoms with E-state index in [1.807, 2.05) is 11.8 Å². The summed E-state index contributed by atoms with van der Waals surface area (Å²) in [5, 5.41) is 13.2. The summed E-state index contributed by atoms with van der Waals surface area (Å²) in [5.74, 6) is 3.21. The molecule has 0 radical (unpaired) electrons. The molecule has 0 saturated heterocycles. The van der Waals surface area contributed by atoms with Crippen LogP contribution >= 0.6 is 11.8 Å². The maximum atomic E-state index is 9.59. The third kappa shape index (κ3) is 4.64. The van der Waals surface area contributed by atoms with E-state index in [4.69, 9.17) is 0 Å². The highest BCUT2D eigenvalue weighted by Crippen LogP contribution is 2.31.